The number of hydrogen-bond donors (Lipinski definition) is 2. The molecule has 0 spiro atoms. The first-order valence-corrected chi connectivity index (χ1v) is 13.6. The Morgan fingerprint density at radius 3 is 2.50 bits per heavy atom. The van der Waals surface area contributed by atoms with Gasteiger partial charge in [0.15, 0.2) is 5.82 Å². The fraction of sp³-hybridized carbons (Fsp3) is 0.290. The zero-order valence-corrected chi connectivity index (χ0v) is 23.8. The summed E-state index contributed by atoms with van der Waals surface area (Å²) < 4.78 is 7.31. The minimum absolute atomic E-state index is 0.252. The second-order valence-electron chi connectivity index (χ2n) is 10.7. The topological polar surface area (TPSA) is 131 Å². The number of aromatic nitrogens is 4. The van der Waals surface area contributed by atoms with Crippen molar-refractivity contribution < 1.29 is 19.1 Å². The van der Waals surface area contributed by atoms with Crippen LogP contribution >= 0.6 is 0 Å². The lowest BCUT2D eigenvalue weighted by Gasteiger charge is -2.21. The van der Waals surface area contributed by atoms with Crippen molar-refractivity contribution in [1.82, 2.24) is 24.3 Å². The van der Waals surface area contributed by atoms with Gasteiger partial charge in [-0.1, -0.05) is 24.1 Å². The molecule has 42 heavy (non-hydrogen) atoms. The van der Waals surface area contributed by atoms with Crippen LogP contribution in [0.5, 0.6) is 0 Å². The molecule has 0 aliphatic carbocycles. The maximum absolute atomic E-state index is 12.8. The van der Waals surface area contributed by atoms with Gasteiger partial charge in [0.05, 0.1) is 6.04 Å². The highest BCUT2D eigenvalue weighted by Gasteiger charge is 2.34. The molecule has 3 aromatic heterocycles. The third-order valence-corrected chi connectivity index (χ3v) is 6.57. The van der Waals surface area contributed by atoms with E-state index in [4.69, 9.17) is 9.72 Å². The van der Waals surface area contributed by atoms with Crippen LogP contribution in [0.1, 0.15) is 62.8 Å². The molecule has 1 saturated heterocycles. The summed E-state index contributed by atoms with van der Waals surface area (Å²) in [4.78, 5) is 53.6. The number of fused-ring (bicyclic) bond motifs is 1. The average molecular weight is 566 g/mol. The van der Waals surface area contributed by atoms with E-state index in [1.807, 2.05) is 4.40 Å². The predicted molar refractivity (Wildman–Crippen MR) is 158 cm³/mol. The Hall–Kier alpha value is -5.24. The normalized spacial score (nSPS) is 14.7. The van der Waals surface area contributed by atoms with Gasteiger partial charge in [-0.3, -0.25) is 19.3 Å². The molecule has 2 N–H and O–H groups in total. The first kappa shape index (κ1) is 28.3. The molecule has 1 fully saturated rings. The molecule has 3 amide bonds. The van der Waals surface area contributed by atoms with Crippen molar-refractivity contribution in [3.63, 3.8) is 0 Å². The quantitative estimate of drug-likeness (QED) is 0.323. The molecule has 11 nitrogen and oxygen atoms in total. The fourth-order valence-electron chi connectivity index (χ4n) is 4.85. The van der Waals surface area contributed by atoms with Crippen molar-refractivity contribution in [3.05, 3.63) is 72.4 Å². The molecule has 1 aromatic carbocycles. The SMILES string of the molecule is CC#CC(=O)N1CCC[C@H]1c1nc(-c2ccc(C(=O)Nc3ccccn3)cc2)c2c(NC(=O)OC(C)(C)C)nccn12. The van der Waals surface area contributed by atoms with E-state index in [1.165, 1.54) is 0 Å². The highest BCUT2D eigenvalue weighted by Crippen LogP contribution is 2.37. The number of imidazole rings is 1. The summed E-state index contributed by atoms with van der Waals surface area (Å²) in [5.41, 5.74) is 1.48. The third kappa shape index (κ3) is 6.07. The largest absolute Gasteiger partial charge is 0.444 e. The van der Waals surface area contributed by atoms with Gasteiger partial charge >= 0.3 is 6.09 Å². The van der Waals surface area contributed by atoms with Crippen molar-refractivity contribution in [2.45, 2.75) is 52.2 Å². The molecular formula is C31H31N7O4. The third-order valence-electron chi connectivity index (χ3n) is 6.57. The van der Waals surface area contributed by atoms with Gasteiger partial charge in [-0.05, 0) is 70.7 Å². The van der Waals surface area contributed by atoms with Crippen LogP contribution in [0.4, 0.5) is 16.4 Å². The van der Waals surface area contributed by atoms with Crippen LogP contribution in [0.15, 0.2) is 61.1 Å². The van der Waals surface area contributed by atoms with Crippen LogP contribution < -0.4 is 10.6 Å². The number of anilines is 2. The van der Waals surface area contributed by atoms with Crippen molar-refractivity contribution >= 4 is 35.1 Å². The number of ether oxygens (including phenoxy) is 1. The van der Waals surface area contributed by atoms with Gasteiger partial charge in [0.25, 0.3) is 11.8 Å². The van der Waals surface area contributed by atoms with E-state index in [-0.39, 0.29) is 23.7 Å². The van der Waals surface area contributed by atoms with E-state index in [0.29, 0.717) is 46.9 Å². The first-order valence-electron chi connectivity index (χ1n) is 13.6. The Balaban J connectivity index is 1.56. The number of rotatable bonds is 5. The Kier molecular flexibility index (Phi) is 7.88. The zero-order chi connectivity index (χ0) is 29.9. The molecular weight excluding hydrogens is 534 g/mol. The minimum atomic E-state index is -0.708. The van der Waals surface area contributed by atoms with Crippen LogP contribution in [0, 0.1) is 11.8 Å². The lowest BCUT2D eigenvalue weighted by atomic mass is 10.1. The van der Waals surface area contributed by atoms with E-state index in [9.17, 15) is 14.4 Å². The van der Waals surface area contributed by atoms with E-state index < -0.39 is 11.7 Å². The fourth-order valence-corrected chi connectivity index (χ4v) is 4.85. The second-order valence-corrected chi connectivity index (χ2v) is 10.7. The van der Waals surface area contributed by atoms with Gasteiger partial charge in [-0.25, -0.2) is 19.7 Å². The van der Waals surface area contributed by atoms with Gasteiger partial charge in [0.1, 0.15) is 28.5 Å². The highest BCUT2D eigenvalue weighted by molar-refractivity contribution is 6.04. The molecule has 11 heteroatoms. The Labute approximate surface area is 243 Å². The molecule has 4 heterocycles. The van der Waals surface area contributed by atoms with E-state index >= 15 is 0 Å². The molecule has 1 atom stereocenters. The summed E-state index contributed by atoms with van der Waals surface area (Å²) >= 11 is 0. The van der Waals surface area contributed by atoms with Crippen LogP contribution in [-0.2, 0) is 9.53 Å². The van der Waals surface area contributed by atoms with E-state index in [1.54, 1.807) is 93.6 Å². The standard InChI is InChI=1S/C31H31N7O4/c1-5-9-24(39)37-18-8-10-22(37)28-35-25(26-27(33-17-19-38(26)28)36-30(41)42-31(2,3)4)20-12-14-21(15-13-20)29(40)34-23-11-6-7-16-32-23/h6-7,11-17,19,22H,8,10,18H2,1-4H3,(H,32,34,40)(H,33,36,41)/t22-/m0/s1. The number of pyridine rings is 1. The van der Waals surface area contributed by atoms with Crippen molar-refractivity contribution in [2.75, 3.05) is 17.2 Å². The monoisotopic (exact) mass is 565 g/mol. The highest BCUT2D eigenvalue weighted by atomic mass is 16.6. The summed E-state index contributed by atoms with van der Waals surface area (Å²) in [6, 6.07) is 11.9. The van der Waals surface area contributed by atoms with Gasteiger partial charge < -0.3 is 15.0 Å². The number of amides is 3. The van der Waals surface area contributed by atoms with Gasteiger partial charge in [0.2, 0.25) is 0 Å². The summed E-state index contributed by atoms with van der Waals surface area (Å²) in [5, 5.41) is 5.53. The maximum Gasteiger partial charge on any atom is 0.413 e. The Morgan fingerprint density at radius 2 is 1.81 bits per heavy atom. The summed E-state index contributed by atoms with van der Waals surface area (Å²) in [6.07, 6.45) is 5.77. The molecule has 0 radical (unpaired) electrons. The number of nitrogens with zero attached hydrogens (tertiary/aromatic N) is 5. The number of carbonyl (C=O) groups is 3. The van der Waals surface area contributed by atoms with Gasteiger partial charge in [-0.15, -0.1) is 0 Å². The maximum atomic E-state index is 12.8. The smallest absolute Gasteiger partial charge is 0.413 e. The first-order chi connectivity index (χ1) is 20.1. The van der Waals surface area contributed by atoms with Gasteiger partial charge in [-0.2, -0.15) is 0 Å². The molecule has 1 aliphatic rings. The van der Waals surface area contributed by atoms with Crippen LogP contribution in [0.3, 0.4) is 0 Å². The van der Waals surface area contributed by atoms with Crippen LogP contribution in [0.25, 0.3) is 16.8 Å². The van der Waals surface area contributed by atoms with Crippen molar-refractivity contribution in [2.24, 2.45) is 0 Å². The molecule has 0 saturated carbocycles. The number of benzene rings is 1. The number of nitrogens with one attached hydrogen (secondary N) is 2. The van der Waals surface area contributed by atoms with Crippen LogP contribution in [0.2, 0.25) is 0 Å². The summed E-state index contributed by atoms with van der Waals surface area (Å²) in [7, 11) is 0. The lowest BCUT2D eigenvalue weighted by molar-refractivity contribution is -0.126. The number of hydrogen-bond acceptors (Lipinski definition) is 7. The molecule has 0 bridgehead atoms. The van der Waals surface area contributed by atoms with Crippen molar-refractivity contribution in [3.8, 4) is 23.1 Å². The molecule has 214 valence electrons. The molecule has 5 rings (SSSR count). The molecule has 0 unspecified atom stereocenters. The summed E-state index contributed by atoms with van der Waals surface area (Å²) in [5.74, 6) is 6.08. The predicted octanol–water partition coefficient (Wildman–Crippen LogP) is 5.08. The lowest BCUT2D eigenvalue weighted by Crippen LogP contribution is -2.30. The molecule has 4 aromatic rings. The Bertz CT molecular complexity index is 1700. The zero-order valence-electron chi connectivity index (χ0n) is 23.8. The van der Waals surface area contributed by atoms with Gasteiger partial charge in [0, 0.05) is 36.3 Å². The van der Waals surface area contributed by atoms with Crippen molar-refractivity contribution in [1.29, 1.82) is 0 Å². The molecule has 1 aliphatic heterocycles. The average Bonchev–Trinajstić information content (AvgIpc) is 3.58. The summed E-state index contributed by atoms with van der Waals surface area (Å²) in [6.45, 7) is 7.53. The minimum Gasteiger partial charge on any atom is -0.444 e. The van der Waals surface area contributed by atoms with E-state index in [0.717, 1.165) is 6.42 Å². The van der Waals surface area contributed by atoms with E-state index in [2.05, 4.69) is 32.4 Å². The number of carbonyl (C=O) groups excluding carboxylic acids is 3. The second kappa shape index (κ2) is 11.7. The van der Waals surface area contributed by atoms with Crippen LogP contribution in [-0.4, -0.2) is 54.3 Å². The Morgan fingerprint density at radius 1 is 1.02 bits per heavy atom. The number of likely N-dealkylation sites (tertiary alicyclic amines) is 1.